The van der Waals surface area contributed by atoms with Gasteiger partial charge >= 0.3 is 12.2 Å². The standard InChI is InChI=1S/C40H49ClN8O7S/c1-21(2)32(46-40(53)56-6)38(51)48-19-27(54-4)16-30(48)36-45-33(34(41)47-36)26-14-10-24(11-15-26)23-8-12-25(13-9-23)29-18-42-35(44-29)31-17-28(57-7)20-49(31)37(50)22(3)43-39(52)55-5/h8-15,18,21-22,27-28,30-32H,16-17,19-20H2,1-7H3,(H,42,44)(H,43,52)(H,45,47)(H,46,53). The second-order valence-electron chi connectivity index (χ2n) is 14.5. The Balaban J connectivity index is 1.15. The highest BCUT2D eigenvalue weighted by molar-refractivity contribution is 7.99. The molecule has 2 saturated heterocycles. The van der Waals surface area contributed by atoms with Crippen molar-refractivity contribution in [3.8, 4) is 33.6 Å². The first-order chi connectivity index (χ1) is 27.3. The van der Waals surface area contributed by atoms with Crippen LogP contribution < -0.4 is 10.6 Å². The summed E-state index contributed by atoms with van der Waals surface area (Å²) in [5.74, 6) is 0.600. The lowest BCUT2D eigenvalue weighted by atomic mass is 10.0. The number of nitrogens with zero attached hydrogens (tertiary/aromatic N) is 4. The molecule has 4 N–H and O–H groups in total. The van der Waals surface area contributed by atoms with Gasteiger partial charge in [0.2, 0.25) is 11.8 Å². The number of H-pyrrole nitrogens is 2. The van der Waals surface area contributed by atoms with Crippen LogP contribution in [0, 0.1) is 5.92 Å². The summed E-state index contributed by atoms with van der Waals surface area (Å²) >= 11 is 8.44. The molecular weight excluding hydrogens is 772 g/mol. The Morgan fingerprint density at radius 2 is 1.37 bits per heavy atom. The van der Waals surface area contributed by atoms with Crippen LogP contribution in [0.5, 0.6) is 0 Å². The van der Waals surface area contributed by atoms with E-state index in [2.05, 4.69) is 30.3 Å². The predicted octanol–water partition coefficient (Wildman–Crippen LogP) is 6.21. The van der Waals surface area contributed by atoms with Gasteiger partial charge in [-0.25, -0.2) is 19.6 Å². The van der Waals surface area contributed by atoms with Crippen molar-refractivity contribution in [2.75, 3.05) is 40.7 Å². The summed E-state index contributed by atoms with van der Waals surface area (Å²) in [5.41, 5.74) is 5.14. The number of halogens is 1. The fraction of sp³-hybridized carbons (Fsp3) is 0.450. The molecule has 4 heterocycles. The van der Waals surface area contributed by atoms with Gasteiger partial charge < -0.3 is 44.6 Å². The van der Waals surface area contributed by atoms with Gasteiger partial charge in [0.15, 0.2) is 0 Å². The van der Waals surface area contributed by atoms with E-state index in [9.17, 15) is 19.2 Å². The quantitative estimate of drug-likeness (QED) is 0.128. The number of methoxy groups -OCH3 is 3. The van der Waals surface area contributed by atoms with Crippen molar-refractivity contribution in [3.05, 3.63) is 71.5 Å². The first-order valence-electron chi connectivity index (χ1n) is 18.7. The molecule has 2 aliphatic heterocycles. The van der Waals surface area contributed by atoms with Crippen molar-refractivity contribution in [1.29, 1.82) is 0 Å². The molecule has 0 aliphatic carbocycles. The average molecular weight is 821 g/mol. The van der Waals surface area contributed by atoms with Crippen molar-refractivity contribution in [2.24, 2.45) is 5.92 Å². The van der Waals surface area contributed by atoms with E-state index in [0.29, 0.717) is 42.0 Å². The summed E-state index contributed by atoms with van der Waals surface area (Å²) in [6.45, 7) is 6.27. The van der Waals surface area contributed by atoms with Gasteiger partial charge in [-0.05, 0) is 42.2 Å². The van der Waals surface area contributed by atoms with Crippen molar-refractivity contribution in [3.63, 3.8) is 0 Å². The van der Waals surface area contributed by atoms with E-state index < -0.39 is 30.3 Å². The number of carbonyl (C=O) groups excluding carboxylic acids is 4. The molecule has 304 valence electrons. The summed E-state index contributed by atoms with van der Waals surface area (Å²) in [6.07, 6.45) is 3.52. The number of amides is 4. The average Bonchev–Trinajstić information content (AvgIpc) is 4.04. The van der Waals surface area contributed by atoms with Gasteiger partial charge in [-0.1, -0.05) is 74.0 Å². The van der Waals surface area contributed by atoms with E-state index in [1.165, 1.54) is 14.2 Å². The lowest BCUT2D eigenvalue weighted by Gasteiger charge is -2.29. The molecule has 2 fully saturated rings. The third-order valence-electron chi connectivity index (χ3n) is 10.6. The number of ether oxygens (including phenoxy) is 3. The molecule has 0 saturated carbocycles. The lowest BCUT2D eigenvalue weighted by molar-refractivity contribution is -0.136. The molecule has 15 nitrogen and oxygen atoms in total. The minimum atomic E-state index is -0.792. The molecule has 0 radical (unpaired) electrons. The van der Waals surface area contributed by atoms with Gasteiger partial charge in [-0.15, -0.1) is 0 Å². The highest BCUT2D eigenvalue weighted by Crippen LogP contribution is 2.38. The molecule has 17 heteroatoms. The number of thioether (sulfide) groups is 1. The molecule has 6 unspecified atom stereocenters. The first-order valence-corrected chi connectivity index (χ1v) is 20.4. The Bertz CT molecular complexity index is 2060. The molecule has 2 aromatic carbocycles. The Hall–Kier alpha value is -5.06. The monoisotopic (exact) mass is 820 g/mol. The van der Waals surface area contributed by atoms with Gasteiger partial charge in [-0.3, -0.25) is 9.59 Å². The third-order valence-corrected chi connectivity index (χ3v) is 11.9. The van der Waals surface area contributed by atoms with Crippen LogP contribution in [-0.2, 0) is 23.8 Å². The van der Waals surface area contributed by atoms with Crippen LogP contribution in [0.4, 0.5) is 9.59 Å². The number of imidazole rings is 2. The maximum absolute atomic E-state index is 13.8. The largest absolute Gasteiger partial charge is 0.453 e. The van der Waals surface area contributed by atoms with Crippen LogP contribution in [0.2, 0.25) is 5.15 Å². The van der Waals surface area contributed by atoms with Crippen LogP contribution in [0.15, 0.2) is 54.7 Å². The topological polar surface area (TPSA) is 184 Å². The molecule has 6 atom stereocenters. The molecule has 6 rings (SSSR count). The van der Waals surface area contributed by atoms with Gasteiger partial charge in [0.1, 0.15) is 34.6 Å². The lowest BCUT2D eigenvalue weighted by Crippen LogP contribution is -2.51. The van der Waals surface area contributed by atoms with E-state index in [1.54, 1.807) is 41.8 Å². The fourth-order valence-electron chi connectivity index (χ4n) is 7.40. The Morgan fingerprint density at radius 3 is 1.96 bits per heavy atom. The molecule has 4 aromatic rings. The van der Waals surface area contributed by atoms with E-state index in [1.807, 2.05) is 68.6 Å². The number of nitrogens with one attached hydrogen (secondary N) is 4. The normalized spacial score (nSPS) is 20.4. The maximum Gasteiger partial charge on any atom is 0.407 e. The minimum Gasteiger partial charge on any atom is -0.453 e. The first kappa shape index (κ1) is 41.6. The summed E-state index contributed by atoms with van der Waals surface area (Å²) in [7, 11) is 4.14. The number of rotatable bonds is 12. The van der Waals surface area contributed by atoms with Crippen LogP contribution in [0.25, 0.3) is 33.6 Å². The second kappa shape index (κ2) is 18.0. The zero-order valence-electron chi connectivity index (χ0n) is 33.0. The van der Waals surface area contributed by atoms with Crippen molar-refractivity contribution < 1.29 is 33.4 Å². The summed E-state index contributed by atoms with van der Waals surface area (Å²) < 4.78 is 15.1. The van der Waals surface area contributed by atoms with Crippen molar-refractivity contribution >= 4 is 47.4 Å². The van der Waals surface area contributed by atoms with Gasteiger partial charge in [0.25, 0.3) is 0 Å². The van der Waals surface area contributed by atoms with E-state index in [4.69, 9.17) is 26.1 Å². The van der Waals surface area contributed by atoms with Gasteiger partial charge in [0, 0.05) is 37.4 Å². The second-order valence-corrected chi connectivity index (χ2v) is 16.1. The van der Waals surface area contributed by atoms with Crippen LogP contribution >= 0.6 is 23.4 Å². The number of carbonyl (C=O) groups is 4. The van der Waals surface area contributed by atoms with E-state index in [0.717, 1.165) is 34.4 Å². The Morgan fingerprint density at radius 1 is 0.789 bits per heavy atom. The molecule has 57 heavy (non-hydrogen) atoms. The molecule has 2 aliphatic rings. The number of benzene rings is 2. The zero-order chi connectivity index (χ0) is 41.0. The van der Waals surface area contributed by atoms with Gasteiger partial charge in [0.05, 0.1) is 44.3 Å². The number of hydrogen-bond donors (Lipinski definition) is 4. The van der Waals surface area contributed by atoms with Crippen LogP contribution in [-0.4, -0.2) is 118 Å². The molecule has 2 aromatic heterocycles. The highest BCUT2D eigenvalue weighted by atomic mass is 35.5. The summed E-state index contributed by atoms with van der Waals surface area (Å²) in [6, 6.07) is 13.8. The SMILES string of the molecule is COC(=O)NC(C)C(=O)N1CC(SC)CC1c1ncc(-c2ccc(-c3ccc(-c4nc(C5CC(OC)CN5C(=O)C(NC(=O)OC)C(C)C)[nH]c4Cl)cc3)cc2)[nH]1. The van der Waals surface area contributed by atoms with E-state index in [-0.39, 0.29) is 35.1 Å². The van der Waals surface area contributed by atoms with Crippen LogP contribution in [0.3, 0.4) is 0 Å². The predicted molar refractivity (Wildman–Crippen MR) is 217 cm³/mol. The molecular formula is C40H49ClN8O7S. The number of aromatic nitrogens is 4. The zero-order valence-corrected chi connectivity index (χ0v) is 34.6. The van der Waals surface area contributed by atoms with Crippen molar-refractivity contribution in [2.45, 2.75) is 69.1 Å². The molecule has 0 spiro atoms. The van der Waals surface area contributed by atoms with Gasteiger partial charge in [-0.2, -0.15) is 11.8 Å². The Labute approximate surface area is 341 Å². The third kappa shape index (κ3) is 9.08. The smallest absolute Gasteiger partial charge is 0.407 e. The minimum absolute atomic E-state index is 0.184. The van der Waals surface area contributed by atoms with Crippen molar-refractivity contribution in [1.82, 2.24) is 40.4 Å². The highest BCUT2D eigenvalue weighted by Gasteiger charge is 2.42. The Kier molecular flexibility index (Phi) is 13.2. The number of aromatic amines is 2. The number of likely N-dealkylation sites (tertiary alicyclic amines) is 2. The number of alkyl carbamates (subject to hydrolysis) is 2. The molecule has 0 bridgehead atoms. The maximum atomic E-state index is 13.8. The summed E-state index contributed by atoms with van der Waals surface area (Å²) in [5, 5.41) is 5.84. The van der Waals surface area contributed by atoms with Crippen LogP contribution in [0.1, 0.15) is 57.3 Å². The molecule has 4 amide bonds. The fourth-order valence-corrected chi connectivity index (χ4v) is 8.33. The summed E-state index contributed by atoms with van der Waals surface area (Å²) in [4.78, 5) is 70.6. The number of hydrogen-bond acceptors (Lipinski definition) is 10. The van der Waals surface area contributed by atoms with E-state index >= 15 is 0 Å².